The normalized spacial score (nSPS) is 11.8. The fourth-order valence-electron chi connectivity index (χ4n) is 3.41. The number of benzene rings is 3. The van der Waals surface area contributed by atoms with Gasteiger partial charge in [-0.05, 0) is 24.3 Å². The Morgan fingerprint density at radius 1 is 1.03 bits per heavy atom. The van der Waals surface area contributed by atoms with E-state index in [0.29, 0.717) is 11.1 Å². The molecule has 1 atom stereocenters. The maximum atomic E-state index is 13.0. The van der Waals surface area contributed by atoms with E-state index in [2.05, 4.69) is 10.3 Å². The number of carbonyl (C=O) groups excluding carboxylic acids is 2. The van der Waals surface area contributed by atoms with Crippen LogP contribution >= 0.6 is 11.6 Å². The number of anilines is 1. The number of carbonyl (C=O) groups is 2. The summed E-state index contributed by atoms with van der Waals surface area (Å²) >= 11 is 5.84. The second kappa shape index (κ2) is 10.6. The van der Waals surface area contributed by atoms with Gasteiger partial charge in [-0.15, -0.1) is 0 Å². The van der Waals surface area contributed by atoms with Crippen LogP contribution in [0.4, 0.5) is 11.4 Å². The Balaban J connectivity index is 1.56. The standard InChI is InChI=1S/C26H18ClN3O5/c27-21-13-12-20(16-22(21)30(33)34)29-26(32)25(19-6-2-1-3-7-19)35-23(31)14-11-18-9-4-8-17-10-5-15-28-24(17)18/h1-16,25H,(H,29,32)/b14-11+. The second-order valence-corrected chi connectivity index (χ2v) is 7.80. The molecular weight excluding hydrogens is 470 g/mol. The SMILES string of the molecule is O=C(/C=C/c1cccc2cccnc12)OC(C(=O)Nc1ccc(Cl)c([N+](=O)[O-])c1)c1ccccc1. The van der Waals surface area contributed by atoms with E-state index in [1.165, 1.54) is 18.2 Å². The number of rotatable bonds is 7. The average Bonchev–Trinajstić information content (AvgIpc) is 2.87. The molecule has 1 unspecified atom stereocenters. The monoisotopic (exact) mass is 487 g/mol. The highest BCUT2D eigenvalue weighted by Crippen LogP contribution is 2.28. The molecule has 0 saturated heterocycles. The van der Waals surface area contributed by atoms with Crippen molar-refractivity contribution in [1.82, 2.24) is 4.98 Å². The van der Waals surface area contributed by atoms with Crippen molar-refractivity contribution in [3.8, 4) is 0 Å². The molecule has 0 bridgehead atoms. The van der Waals surface area contributed by atoms with E-state index in [-0.39, 0.29) is 16.4 Å². The molecule has 1 N–H and O–H groups in total. The highest BCUT2D eigenvalue weighted by Gasteiger charge is 2.25. The summed E-state index contributed by atoms with van der Waals surface area (Å²) in [6, 6.07) is 21.6. The number of nitro groups is 1. The Kier molecular flexibility index (Phi) is 7.13. The smallest absolute Gasteiger partial charge is 0.331 e. The lowest BCUT2D eigenvalue weighted by Gasteiger charge is -2.17. The van der Waals surface area contributed by atoms with Crippen LogP contribution in [0.2, 0.25) is 5.02 Å². The molecule has 0 radical (unpaired) electrons. The maximum absolute atomic E-state index is 13.0. The first-order chi connectivity index (χ1) is 16.9. The Labute approximate surface area is 205 Å². The summed E-state index contributed by atoms with van der Waals surface area (Å²) in [4.78, 5) is 40.6. The number of fused-ring (bicyclic) bond motifs is 1. The van der Waals surface area contributed by atoms with Crippen LogP contribution in [-0.2, 0) is 14.3 Å². The lowest BCUT2D eigenvalue weighted by atomic mass is 10.1. The third-order valence-electron chi connectivity index (χ3n) is 5.05. The van der Waals surface area contributed by atoms with Gasteiger partial charge in [-0.2, -0.15) is 0 Å². The van der Waals surface area contributed by atoms with Crippen molar-refractivity contribution in [3.63, 3.8) is 0 Å². The van der Waals surface area contributed by atoms with E-state index in [4.69, 9.17) is 16.3 Å². The van der Waals surface area contributed by atoms with Crippen LogP contribution in [0.3, 0.4) is 0 Å². The van der Waals surface area contributed by atoms with Gasteiger partial charge < -0.3 is 10.1 Å². The van der Waals surface area contributed by atoms with E-state index in [1.807, 2.05) is 30.3 Å². The number of ether oxygens (including phenoxy) is 1. The molecule has 3 aromatic carbocycles. The Morgan fingerprint density at radius 2 is 1.80 bits per heavy atom. The molecule has 0 aliphatic rings. The summed E-state index contributed by atoms with van der Waals surface area (Å²) in [5.74, 6) is -1.43. The number of nitro benzene ring substituents is 1. The molecule has 4 aromatic rings. The van der Waals surface area contributed by atoms with Crippen molar-refractivity contribution < 1.29 is 19.2 Å². The summed E-state index contributed by atoms with van der Waals surface area (Å²) < 4.78 is 5.49. The van der Waals surface area contributed by atoms with E-state index in [0.717, 1.165) is 17.0 Å². The van der Waals surface area contributed by atoms with Crippen molar-refractivity contribution in [1.29, 1.82) is 0 Å². The Morgan fingerprint density at radius 3 is 2.57 bits per heavy atom. The first-order valence-corrected chi connectivity index (χ1v) is 10.8. The van der Waals surface area contributed by atoms with Gasteiger partial charge in [-0.1, -0.05) is 66.2 Å². The topological polar surface area (TPSA) is 111 Å². The van der Waals surface area contributed by atoms with Crippen LogP contribution < -0.4 is 5.32 Å². The molecule has 35 heavy (non-hydrogen) atoms. The van der Waals surface area contributed by atoms with Crippen molar-refractivity contribution >= 4 is 51.8 Å². The third-order valence-corrected chi connectivity index (χ3v) is 5.37. The number of amides is 1. The lowest BCUT2D eigenvalue weighted by molar-refractivity contribution is -0.384. The minimum atomic E-state index is -1.30. The highest BCUT2D eigenvalue weighted by atomic mass is 35.5. The van der Waals surface area contributed by atoms with Crippen LogP contribution in [0, 0.1) is 10.1 Å². The number of halogens is 1. The van der Waals surface area contributed by atoms with Gasteiger partial charge in [0.25, 0.3) is 11.6 Å². The fourth-order valence-corrected chi connectivity index (χ4v) is 3.60. The zero-order valence-electron chi connectivity index (χ0n) is 18.1. The van der Waals surface area contributed by atoms with Gasteiger partial charge in [0.1, 0.15) is 5.02 Å². The number of nitrogens with zero attached hydrogens (tertiary/aromatic N) is 2. The van der Waals surface area contributed by atoms with Crippen LogP contribution in [0.1, 0.15) is 17.2 Å². The zero-order valence-corrected chi connectivity index (χ0v) is 18.9. The lowest BCUT2D eigenvalue weighted by Crippen LogP contribution is -2.25. The summed E-state index contributed by atoms with van der Waals surface area (Å²) in [5, 5.41) is 14.6. The predicted octanol–water partition coefficient (Wildman–Crippen LogP) is 5.73. The van der Waals surface area contributed by atoms with E-state index in [9.17, 15) is 19.7 Å². The summed E-state index contributed by atoms with van der Waals surface area (Å²) in [6.07, 6.45) is 3.16. The first kappa shape index (κ1) is 23.6. The van der Waals surface area contributed by atoms with Gasteiger partial charge in [-0.3, -0.25) is 19.9 Å². The molecule has 0 aliphatic heterocycles. The average molecular weight is 488 g/mol. The molecular formula is C26H18ClN3O5. The summed E-state index contributed by atoms with van der Waals surface area (Å²) in [6.45, 7) is 0. The van der Waals surface area contributed by atoms with Crippen LogP contribution in [-0.4, -0.2) is 21.8 Å². The van der Waals surface area contributed by atoms with Gasteiger partial charge in [0.2, 0.25) is 6.10 Å². The molecule has 0 spiro atoms. The number of aromatic nitrogens is 1. The summed E-state index contributed by atoms with van der Waals surface area (Å²) in [7, 11) is 0. The van der Waals surface area contributed by atoms with Gasteiger partial charge in [0, 0.05) is 40.5 Å². The minimum Gasteiger partial charge on any atom is -0.444 e. The Hall–Kier alpha value is -4.56. The molecule has 1 amide bonds. The van der Waals surface area contributed by atoms with Crippen molar-refractivity contribution in [2.45, 2.75) is 6.10 Å². The third kappa shape index (κ3) is 5.69. The molecule has 0 aliphatic carbocycles. The number of para-hydroxylation sites is 1. The van der Waals surface area contributed by atoms with Gasteiger partial charge in [-0.25, -0.2) is 4.79 Å². The van der Waals surface area contributed by atoms with Crippen LogP contribution in [0.25, 0.3) is 17.0 Å². The maximum Gasteiger partial charge on any atom is 0.331 e. The van der Waals surface area contributed by atoms with Gasteiger partial charge in [0.15, 0.2) is 0 Å². The fraction of sp³-hybridized carbons (Fsp3) is 0.0385. The van der Waals surface area contributed by atoms with Crippen molar-refractivity contribution in [2.75, 3.05) is 5.32 Å². The molecule has 1 aromatic heterocycles. The number of esters is 1. The summed E-state index contributed by atoms with van der Waals surface area (Å²) in [5.41, 5.74) is 1.65. The van der Waals surface area contributed by atoms with E-state index >= 15 is 0 Å². The van der Waals surface area contributed by atoms with Crippen LogP contribution in [0.15, 0.2) is 91.1 Å². The predicted molar refractivity (Wildman–Crippen MR) is 133 cm³/mol. The molecule has 1 heterocycles. The largest absolute Gasteiger partial charge is 0.444 e. The van der Waals surface area contributed by atoms with Gasteiger partial charge >= 0.3 is 5.97 Å². The van der Waals surface area contributed by atoms with Crippen molar-refractivity contribution in [2.24, 2.45) is 0 Å². The van der Waals surface area contributed by atoms with E-state index < -0.39 is 22.9 Å². The van der Waals surface area contributed by atoms with E-state index in [1.54, 1.807) is 42.6 Å². The number of hydrogen-bond acceptors (Lipinski definition) is 6. The number of hydrogen-bond donors (Lipinski definition) is 1. The zero-order chi connectivity index (χ0) is 24.8. The molecule has 8 nitrogen and oxygen atoms in total. The quantitative estimate of drug-likeness (QED) is 0.154. The second-order valence-electron chi connectivity index (χ2n) is 7.40. The molecule has 174 valence electrons. The number of nitrogens with one attached hydrogen (secondary N) is 1. The van der Waals surface area contributed by atoms with Crippen LogP contribution in [0.5, 0.6) is 0 Å². The Bertz CT molecular complexity index is 1430. The van der Waals surface area contributed by atoms with Crippen molar-refractivity contribution in [3.05, 3.63) is 117 Å². The molecule has 9 heteroatoms. The first-order valence-electron chi connectivity index (χ1n) is 10.4. The molecule has 0 fully saturated rings. The molecule has 4 rings (SSSR count). The minimum absolute atomic E-state index is 0.0629. The van der Waals surface area contributed by atoms with Gasteiger partial charge in [0.05, 0.1) is 10.4 Å². The highest BCUT2D eigenvalue weighted by molar-refractivity contribution is 6.32. The number of pyridine rings is 1. The molecule has 0 saturated carbocycles.